The van der Waals surface area contributed by atoms with Crippen molar-refractivity contribution >= 4 is 47.5 Å². The molecule has 0 aliphatic heterocycles. The van der Waals surface area contributed by atoms with Crippen molar-refractivity contribution in [2.24, 2.45) is 0 Å². The molecule has 0 saturated heterocycles. The first kappa shape index (κ1) is 57.5. The number of rotatable bonds is 22. The summed E-state index contributed by atoms with van der Waals surface area (Å²) in [7, 11) is 0. The number of alkyl carbamates (subject to hydrolysis) is 2. The standard InChI is InChI=1S/C50H72N8O12/c1-29-17-19-33(20-18-29)34-21-23-35(24-22-34)41(61)57-37(28-53-47(66)70-50(11,12)13)43(63)58-38(32(4)68-48(5,6)7)44(64)55-31(3)40(60)56-36(16-14-15-25-52-46(65)69-49(8,9)10)42(62)54-30(2)39(59)45-51-26-27-67-45/h17-24,26-27,30-32,36-38H,14-16,25,28H2,1-13H3,(H,52,65)(H,53,66)(H,54,62)(H,55,64)(H,56,60)(H,57,61)(H,58,63)/t30-,31-,32+,36-,37-,38-/m0/s1. The lowest BCUT2D eigenvalue weighted by Crippen LogP contribution is -2.62. The SMILES string of the molecule is Cc1ccc(-c2ccc(C(=O)N[C@@H](CNC(=O)OC(C)(C)C)C(=O)N[C@H](C(=O)N[C@@H](C)C(=O)N[C@@H](CCCCNC(=O)OC(C)(C)C)C(=O)N[C@@H](C)C(=O)c3ncco3)[C@@H](C)OC(C)(C)C)cc2)cc1. The fourth-order valence-corrected chi connectivity index (χ4v) is 6.61. The summed E-state index contributed by atoms with van der Waals surface area (Å²) in [6.45, 7) is 21.5. The summed E-state index contributed by atoms with van der Waals surface area (Å²) in [5.41, 5.74) is 0.695. The van der Waals surface area contributed by atoms with Gasteiger partial charge in [-0.1, -0.05) is 42.0 Å². The van der Waals surface area contributed by atoms with E-state index in [-0.39, 0.29) is 24.4 Å². The molecule has 3 rings (SSSR count). The Morgan fingerprint density at radius 3 is 1.69 bits per heavy atom. The summed E-state index contributed by atoms with van der Waals surface area (Å²) in [5.74, 6) is -4.73. The van der Waals surface area contributed by atoms with Crippen molar-refractivity contribution in [2.45, 2.75) is 162 Å². The number of hydrogen-bond acceptors (Lipinski definition) is 13. The van der Waals surface area contributed by atoms with Gasteiger partial charge in [0, 0.05) is 12.1 Å². The van der Waals surface area contributed by atoms with Crippen LogP contribution in [0.5, 0.6) is 0 Å². The van der Waals surface area contributed by atoms with Crippen LogP contribution >= 0.6 is 0 Å². The largest absolute Gasteiger partial charge is 0.444 e. The number of oxazole rings is 1. The molecule has 20 nitrogen and oxygen atoms in total. The maximum atomic E-state index is 14.2. The van der Waals surface area contributed by atoms with Gasteiger partial charge in [-0.25, -0.2) is 14.6 Å². The van der Waals surface area contributed by atoms with Gasteiger partial charge in [0.05, 0.1) is 30.5 Å². The molecule has 2 aromatic carbocycles. The predicted octanol–water partition coefficient (Wildman–Crippen LogP) is 5.03. The monoisotopic (exact) mass is 977 g/mol. The Morgan fingerprint density at radius 1 is 0.600 bits per heavy atom. The van der Waals surface area contributed by atoms with Gasteiger partial charge in [0.2, 0.25) is 29.4 Å². The Morgan fingerprint density at radius 2 is 1.14 bits per heavy atom. The van der Waals surface area contributed by atoms with Crippen LogP contribution in [0.4, 0.5) is 9.59 Å². The summed E-state index contributed by atoms with van der Waals surface area (Å²) < 4.78 is 21.8. The average Bonchev–Trinajstić information content (AvgIpc) is 3.79. The molecule has 0 saturated carbocycles. The molecule has 7 amide bonds. The highest BCUT2D eigenvalue weighted by atomic mass is 16.6. The van der Waals surface area contributed by atoms with E-state index in [4.69, 9.17) is 18.6 Å². The minimum absolute atomic E-state index is 0.0601. The van der Waals surface area contributed by atoms with Crippen LogP contribution in [0.3, 0.4) is 0 Å². The molecule has 1 aromatic heterocycles. The van der Waals surface area contributed by atoms with Crippen molar-refractivity contribution in [3.8, 4) is 11.1 Å². The van der Waals surface area contributed by atoms with Crippen molar-refractivity contribution < 1.29 is 57.0 Å². The van der Waals surface area contributed by atoms with Crippen molar-refractivity contribution in [2.75, 3.05) is 13.1 Å². The average molecular weight is 977 g/mol. The topological polar surface area (TPSA) is 274 Å². The number of carbonyl (C=O) groups excluding carboxylic acids is 8. The number of carbonyl (C=O) groups is 8. The molecule has 0 bridgehead atoms. The number of amides is 7. The fourth-order valence-electron chi connectivity index (χ4n) is 6.61. The van der Waals surface area contributed by atoms with Crippen molar-refractivity contribution in [1.82, 2.24) is 42.2 Å². The lowest BCUT2D eigenvalue weighted by Gasteiger charge is -2.32. The molecule has 0 aliphatic carbocycles. The minimum Gasteiger partial charge on any atom is -0.444 e. The summed E-state index contributed by atoms with van der Waals surface area (Å²) >= 11 is 0. The van der Waals surface area contributed by atoms with Crippen LogP contribution in [0.2, 0.25) is 0 Å². The van der Waals surface area contributed by atoms with E-state index in [1.165, 1.54) is 26.3 Å². The number of nitrogens with zero attached hydrogens (tertiary/aromatic N) is 1. The van der Waals surface area contributed by atoms with E-state index in [0.29, 0.717) is 12.8 Å². The minimum atomic E-state index is -1.48. The Kier molecular flexibility index (Phi) is 21.1. The second kappa shape index (κ2) is 25.7. The molecule has 6 atom stereocenters. The van der Waals surface area contributed by atoms with E-state index >= 15 is 0 Å². The normalized spacial score (nSPS) is 14.2. The third-order valence-corrected chi connectivity index (χ3v) is 9.96. The van der Waals surface area contributed by atoms with Gasteiger partial charge < -0.3 is 55.8 Å². The van der Waals surface area contributed by atoms with E-state index in [1.54, 1.807) is 93.5 Å². The van der Waals surface area contributed by atoms with Gasteiger partial charge >= 0.3 is 12.2 Å². The van der Waals surface area contributed by atoms with Crippen LogP contribution in [-0.2, 0) is 33.4 Å². The van der Waals surface area contributed by atoms with Gasteiger partial charge in [-0.3, -0.25) is 28.8 Å². The summed E-state index contributed by atoms with van der Waals surface area (Å²) in [5, 5.41) is 18.3. The Bertz CT molecular complexity index is 2250. The zero-order chi connectivity index (χ0) is 52.6. The van der Waals surface area contributed by atoms with Crippen LogP contribution in [0.1, 0.15) is 129 Å². The van der Waals surface area contributed by atoms with Crippen LogP contribution < -0.4 is 37.2 Å². The smallest absolute Gasteiger partial charge is 0.407 e. The highest BCUT2D eigenvalue weighted by molar-refractivity contribution is 6.01. The quantitative estimate of drug-likeness (QED) is 0.0515. The van der Waals surface area contributed by atoms with Crippen molar-refractivity contribution in [3.05, 3.63) is 78.0 Å². The summed E-state index contributed by atoms with van der Waals surface area (Å²) in [6.07, 6.45) is 0.763. The molecule has 384 valence electrons. The molecular weight excluding hydrogens is 905 g/mol. The first-order valence-electron chi connectivity index (χ1n) is 23.3. The Balaban J connectivity index is 1.83. The maximum absolute atomic E-state index is 14.2. The number of ketones is 1. The molecule has 1 heterocycles. The molecule has 0 spiro atoms. The van der Waals surface area contributed by atoms with Crippen LogP contribution in [0.25, 0.3) is 11.1 Å². The van der Waals surface area contributed by atoms with Gasteiger partial charge in [0.15, 0.2) is 0 Å². The lowest BCUT2D eigenvalue weighted by molar-refractivity contribution is -0.139. The molecule has 0 radical (unpaired) electrons. The summed E-state index contributed by atoms with van der Waals surface area (Å²) in [6, 6.07) is 8.04. The number of ether oxygens (including phenoxy) is 3. The molecule has 0 aliphatic rings. The lowest BCUT2D eigenvalue weighted by atomic mass is 10.0. The van der Waals surface area contributed by atoms with E-state index in [0.717, 1.165) is 16.7 Å². The van der Waals surface area contributed by atoms with Crippen LogP contribution in [0.15, 0.2) is 65.4 Å². The van der Waals surface area contributed by atoms with E-state index in [9.17, 15) is 38.4 Å². The number of aromatic nitrogens is 1. The first-order valence-corrected chi connectivity index (χ1v) is 23.3. The van der Waals surface area contributed by atoms with Crippen LogP contribution in [0, 0.1) is 6.92 Å². The molecule has 7 N–H and O–H groups in total. The van der Waals surface area contributed by atoms with E-state index < -0.39 is 107 Å². The fraction of sp³-hybridized carbons (Fsp3) is 0.540. The highest BCUT2D eigenvalue weighted by Crippen LogP contribution is 2.21. The number of hydrogen-bond donors (Lipinski definition) is 7. The van der Waals surface area contributed by atoms with Gasteiger partial charge in [-0.2, -0.15) is 0 Å². The zero-order valence-corrected chi connectivity index (χ0v) is 42.6. The van der Waals surface area contributed by atoms with Gasteiger partial charge in [0.25, 0.3) is 11.8 Å². The maximum Gasteiger partial charge on any atom is 0.407 e. The Labute approximate surface area is 410 Å². The first-order chi connectivity index (χ1) is 32.5. The number of benzene rings is 2. The number of Topliss-reactive ketones (excluding diaryl/α,β-unsaturated/α-hetero) is 1. The van der Waals surface area contributed by atoms with Crippen molar-refractivity contribution in [1.29, 1.82) is 0 Å². The number of unbranched alkanes of at least 4 members (excludes halogenated alkanes) is 1. The number of nitrogens with one attached hydrogen (secondary N) is 7. The van der Waals surface area contributed by atoms with Gasteiger partial charge in [-0.15, -0.1) is 0 Å². The zero-order valence-electron chi connectivity index (χ0n) is 42.6. The molecule has 20 heteroatoms. The molecule has 3 aromatic rings. The molecular formula is C50H72N8O12. The van der Waals surface area contributed by atoms with Gasteiger partial charge in [-0.05, 0) is 133 Å². The second-order valence-electron chi connectivity index (χ2n) is 19.9. The third kappa shape index (κ3) is 20.4. The van der Waals surface area contributed by atoms with Crippen LogP contribution in [-0.4, -0.2) is 119 Å². The number of aryl methyl sites for hydroxylation is 1. The predicted molar refractivity (Wildman–Crippen MR) is 260 cm³/mol. The Hall–Kier alpha value is -6.83. The molecule has 70 heavy (non-hydrogen) atoms. The van der Waals surface area contributed by atoms with E-state index in [2.05, 4.69) is 42.2 Å². The van der Waals surface area contributed by atoms with Gasteiger partial charge in [0.1, 0.15) is 41.6 Å². The van der Waals surface area contributed by atoms with E-state index in [1.807, 2.05) is 31.2 Å². The summed E-state index contributed by atoms with van der Waals surface area (Å²) in [4.78, 5) is 111. The molecule has 0 fully saturated rings. The highest BCUT2D eigenvalue weighted by Gasteiger charge is 2.36. The van der Waals surface area contributed by atoms with Crippen molar-refractivity contribution in [3.63, 3.8) is 0 Å². The molecule has 0 unspecified atom stereocenters. The second-order valence-corrected chi connectivity index (χ2v) is 19.9. The third-order valence-electron chi connectivity index (χ3n) is 9.96.